The maximum absolute atomic E-state index is 12.9. The Bertz CT molecular complexity index is 740. The molecule has 1 atom stereocenters. The molecular formula is C20H24N2O4. The molecule has 0 bridgehead atoms. The number of carbonyl (C=O) groups excluding carboxylic acids is 2. The van der Waals surface area contributed by atoms with Crippen LogP contribution in [0.4, 0.5) is 0 Å². The van der Waals surface area contributed by atoms with E-state index in [1.54, 1.807) is 22.1 Å². The van der Waals surface area contributed by atoms with Crippen LogP contribution in [0.2, 0.25) is 0 Å². The minimum atomic E-state index is -0.380. The number of aliphatic hydroxyl groups is 1. The fourth-order valence-electron chi connectivity index (χ4n) is 3.24. The molecule has 26 heavy (non-hydrogen) atoms. The summed E-state index contributed by atoms with van der Waals surface area (Å²) in [7, 11) is 0. The number of hydrogen-bond acceptors (Lipinski definition) is 4. The molecule has 0 spiro atoms. The number of aryl methyl sites for hydroxylation is 1. The molecule has 1 aromatic heterocycles. The van der Waals surface area contributed by atoms with Crippen LogP contribution >= 0.6 is 0 Å². The van der Waals surface area contributed by atoms with Crippen LogP contribution in [0.1, 0.15) is 23.3 Å². The minimum absolute atomic E-state index is 0.0426. The average Bonchev–Trinajstić information content (AvgIpc) is 3.26. The molecule has 138 valence electrons. The van der Waals surface area contributed by atoms with Crippen molar-refractivity contribution in [3.8, 4) is 0 Å². The Morgan fingerprint density at radius 3 is 2.73 bits per heavy atom. The Morgan fingerprint density at radius 2 is 2.08 bits per heavy atom. The van der Waals surface area contributed by atoms with Crippen molar-refractivity contribution >= 4 is 11.8 Å². The minimum Gasteiger partial charge on any atom is -0.467 e. The molecule has 6 heteroatoms. The van der Waals surface area contributed by atoms with Crippen LogP contribution in [-0.2, 0) is 22.7 Å². The van der Waals surface area contributed by atoms with Gasteiger partial charge >= 0.3 is 0 Å². The normalized spacial score (nSPS) is 16.9. The smallest absolute Gasteiger partial charge is 0.228 e. The zero-order valence-electron chi connectivity index (χ0n) is 14.9. The Hall–Kier alpha value is -2.60. The van der Waals surface area contributed by atoms with Crippen molar-refractivity contribution in [3.63, 3.8) is 0 Å². The van der Waals surface area contributed by atoms with Crippen LogP contribution in [0.3, 0.4) is 0 Å². The number of hydrogen-bond donors (Lipinski definition) is 1. The first kappa shape index (κ1) is 18.2. The van der Waals surface area contributed by atoms with Crippen LogP contribution in [0, 0.1) is 12.8 Å². The highest BCUT2D eigenvalue weighted by molar-refractivity contribution is 5.89. The molecule has 1 aliphatic rings. The fourth-order valence-corrected chi connectivity index (χ4v) is 3.24. The summed E-state index contributed by atoms with van der Waals surface area (Å²) in [6.07, 6.45) is 1.78. The van der Waals surface area contributed by atoms with Gasteiger partial charge in [0.05, 0.1) is 25.3 Å². The summed E-state index contributed by atoms with van der Waals surface area (Å²) in [5.41, 5.74) is 2.16. The molecule has 1 fully saturated rings. The number of nitrogens with zero attached hydrogens (tertiary/aromatic N) is 2. The van der Waals surface area contributed by atoms with Gasteiger partial charge in [-0.1, -0.05) is 29.8 Å². The topological polar surface area (TPSA) is 74.0 Å². The number of carbonyl (C=O) groups is 2. The molecule has 1 unspecified atom stereocenters. The van der Waals surface area contributed by atoms with Gasteiger partial charge in [0.2, 0.25) is 11.8 Å². The van der Waals surface area contributed by atoms with E-state index in [2.05, 4.69) is 0 Å². The Kier molecular flexibility index (Phi) is 5.73. The number of amides is 2. The van der Waals surface area contributed by atoms with E-state index < -0.39 is 0 Å². The van der Waals surface area contributed by atoms with Crippen molar-refractivity contribution in [2.75, 3.05) is 19.7 Å². The number of aliphatic hydroxyl groups excluding tert-OH is 1. The lowest BCUT2D eigenvalue weighted by atomic mass is 10.1. The standard InChI is InChI=1S/C20H24N2O4/c1-15-4-6-16(7-5-15)12-21(8-9-23)20(25)17-11-19(24)22(13-17)14-18-3-2-10-26-18/h2-7,10,17,23H,8-9,11-14H2,1H3. The van der Waals surface area contributed by atoms with E-state index in [0.29, 0.717) is 25.4 Å². The average molecular weight is 356 g/mol. The molecule has 3 rings (SSSR count). The first-order valence-electron chi connectivity index (χ1n) is 8.82. The Balaban J connectivity index is 1.65. The summed E-state index contributed by atoms with van der Waals surface area (Å²) in [5.74, 6) is 0.196. The third kappa shape index (κ3) is 4.32. The lowest BCUT2D eigenvalue weighted by Gasteiger charge is -2.25. The second-order valence-corrected chi connectivity index (χ2v) is 6.72. The van der Waals surface area contributed by atoms with Gasteiger partial charge in [-0.25, -0.2) is 0 Å². The van der Waals surface area contributed by atoms with E-state index in [1.165, 1.54) is 0 Å². The van der Waals surface area contributed by atoms with Crippen molar-refractivity contribution in [3.05, 3.63) is 59.5 Å². The lowest BCUT2D eigenvalue weighted by molar-refractivity contribution is -0.137. The maximum Gasteiger partial charge on any atom is 0.228 e. The van der Waals surface area contributed by atoms with Gasteiger partial charge in [0.25, 0.3) is 0 Å². The van der Waals surface area contributed by atoms with E-state index >= 15 is 0 Å². The van der Waals surface area contributed by atoms with Crippen LogP contribution in [0.5, 0.6) is 0 Å². The molecule has 0 saturated carbocycles. The number of rotatable bonds is 7. The van der Waals surface area contributed by atoms with Gasteiger partial charge in [-0.3, -0.25) is 9.59 Å². The molecule has 1 saturated heterocycles. The first-order chi connectivity index (χ1) is 12.6. The van der Waals surface area contributed by atoms with Gasteiger partial charge < -0.3 is 19.3 Å². The highest BCUT2D eigenvalue weighted by atomic mass is 16.3. The molecule has 2 aromatic rings. The van der Waals surface area contributed by atoms with Crippen molar-refractivity contribution in [2.45, 2.75) is 26.4 Å². The van der Waals surface area contributed by atoms with Gasteiger partial charge in [0.15, 0.2) is 0 Å². The molecule has 1 aromatic carbocycles. The van der Waals surface area contributed by atoms with E-state index in [0.717, 1.165) is 11.1 Å². The Labute approximate surface area is 153 Å². The monoisotopic (exact) mass is 356 g/mol. The zero-order valence-corrected chi connectivity index (χ0v) is 14.9. The fraction of sp³-hybridized carbons (Fsp3) is 0.400. The van der Waals surface area contributed by atoms with Crippen LogP contribution in [-0.4, -0.2) is 46.4 Å². The molecule has 6 nitrogen and oxygen atoms in total. The van der Waals surface area contributed by atoms with Crippen molar-refractivity contribution in [1.29, 1.82) is 0 Å². The predicted molar refractivity (Wildman–Crippen MR) is 95.9 cm³/mol. The molecule has 2 heterocycles. The highest BCUT2D eigenvalue weighted by Gasteiger charge is 2.36. The Morgan fingerprint density at radius 1 is 1.31 bits per heavy atom. The van der Waals surface area contributed by atoms with Crippen LogP contribution < -0.4 is 0 Å². The van der Waals surface area contributed by atoms with Crippen molar-refractivity contribution in [1.82, 2.24) is 9.80 Å². The second-order valence-electron chi connectivity index (χ2n) is 6.72. The van der Waals surface area contributed by atoms with Gasteiger partial charge in [-0.05, 0) is 24.6 Å². The van der Waals surface area contributed by atoms with E-state index in [1.807, 2.05) is 37.3 Å². The number of likely N-dealkylation sites (tertiary alicyclic amines) is 1. The number of furan rings is 1. The summed E-state index contributed by atoms with van der Waals surface area (Å²) in [5, 5.41) is 9.34. The maximum atomic E-state index is 12.9. The van der Waals surface area contributed by atoms with Crippen molar-refractivity contribution in [2.24, 2.45) is 5.92 Å². The van der Waals surface area contributed by atoms with Gasteiger partial charge in [0, 0.05) is 26.1 Å². The van der Waals surface area contributed by atoms with E-state index in [-0.39, 0.29) is 37.3 Å². The van der Waals surface area contributed by atoms with Crippen LogP contribution in [0.25, 0.3) is 0 Å². The first-order valence-corrected chi connectivity index (χ1v) is 8.82. The van der Waals surface area contributed by atoms with Gasteiger partial charge in [-0.15, -0.1) is 0 Å². The lowest BCUT2D eigenvalue weighted by Crippen LogP contribution is -2.38. The SMILES string of the molecule is Cc1ccc(CN(CCO)C(=O)C2CC(=O)N(Cc3ccco3)C2)cc1. The molecule has 1 N–H and O–H groups in total. The summed E-state index contributed by atoms with van der Waals surface area (Å²) >= 11 is 0. The highest BCUT2D eigenvalue weighted by Crippen LogP contribution is 2.23. The van der Waals surface area contributed by atoms with E-state index in [4.69, 9.17) is 4.42 Å². The molecule has 0 radical (unpaired) electrons. The molecule has 2 amide bonds. The molecule has 1 aliphatic heterocycles. The third-order valence-electron chi connectivity index (χ3n) is 4.67. The van der Waals surface area contributed by atoms with Crippen LogP contribution in [0.15, 0.2) is 47.1 Å². The number of benzene rings is 1. The summed E-state index contributed by atoms with van der Waals surface area (Å²) in [6, 6.07) is 11.6. The third-order valence-corrected chi connectivity index (χ3v) is 4.67. The summed E-state index contributed by atoms with van der Waals surface area (Å²) in [4.78, 5) is 28.5. The quantitative estimate of drug-likeness (QED) is 0.823. The predicted octanol–water partition coefficient (Wildman–Crippen LogP) is 1.96. The zero-order chi connectivity index (χ0) is 18.5. The largest absolute Gasteiger partial charge is 0.467 e. The van der Waals surface area contributed by atoms with Gasteiger partial charge in [0.1, 0.15) is 5.76 Å². The summed E-state index contributed by atoms with van der Waals surface area (Å²) in [6.45, 7) is 3.37. The van der Waals surface area contributed by atoms with E-state index in [9.17, 15) is 14.7 Å². The van der Waals surface area contributed by atoms with Gasteiger partial charge in [-0.2, -0.15) is 0 Å². The molecular weight excluding hydrogens is 332 g/mol. The summed E-state index contributed by atoms with van der Waals surface area (Å²) < 4.78 is 5.29. The molecule has 0 aliphatic carbocycles. The second kappa shape index (κ2) is 8.19. The van der Waals surface area contributed by atoms with Crippen molar-refractivity contribution < 1.29 is 19.1 Å².